The second-order valence-corrected chi connectivity index (χ2v) is 8.25. The third-order valence-electron chi connectivity index (χ3n) is 3.60. The lowest BCUT2D eigenvalue weighted by Crippen LogP contribution is -2.35. The van der Waals surface area contributed by atoms with E-state index in [1.165, 1.54) is 36.4 Å². The van der Waals surface area contributed by atoms with Crippen LogP contribution < -0.4 is 10.0 Å². The van der Waals surface area contributed by atoms with Crippen LogP contribution in [0.5, 0.6) is 0 Å². The Balaban J connectivity index is 2.22. The molecule has 30 heavy (non-hydrogen) atoms. The molecule has 0 radical (unpaired) electrons. The summed E-state index contributed by atoms with van der Waals surface area (Å²) in [6.07, 6.45) is -0.381. The van der Waals surface area contributed by atoms with Crippen molar-refractivity contribution >= 4 is 45.3 Å². The largest absolute Gasteiger partial charge is 0.465 e. The normalized spacial score (nSPS) is 11.0. The summed E-state index contributed by atoms with van der Waals surface area (Å²) in [5.74, 6) is -1.57. The minimum absolute atomic E-state index is 0.00191. The van der Waals surface area contributed by atoms with Crippen LogP contribution in [0.1, 0.15) is 34.6 Å². The molecule has 0 saturated heterocycles. The Morgan fingerprint density at radius 3 is 2.30 bits per heavy atom. The highest BCUT2D eigenvalue weighted by atomic mass is 35.5. The van der Waals surface area contributed by atoms with E-state index >= 15 is 0 Å². The number of benzene rings is 2. The van der Waals surface area contributed by atoms with Crippen LogP contribution in [0.2, 0.25) is 5.02 Å². The minimum Gasteiger partial charge on any atom is -0.465 e. The number of anilines is 1. The zero-order valence-electron chi connectivity index (χ0n) is 16.3. The van der Waals surface area contributed by atoms with Crippen molar-refractivity contribution in [1.29, 1.82) is 0 Å². The molecule has 0 unspecified atom stereocenters. The van der Waals surface area contributed by atoms with E-state index in [-0.39, 0.29) is 27.9 Å². The molecule has 0 aromatic heterocycles. The number of hydrogen-bond acceptors (Lipinski definition) is 7. The maximum absolute atomic E-state index is 12.5. The van der Waals surface area contributed by atoms with Gasteiger partial charge in [0.1, 0.15) is 4.90 Å². The first-order valence-corrected chi connectivity index (χ1v) is 10.4. The Morgan fingerprint density at radius 2 is 1.67 bits per heavy atom. The van der Waals surface area contributed by atoms with Crippen LogP contribution in [0.4, 0.5) is 10.5 Å². The minimum atomic E-state index is -4.40. The fourth-order valence-electron chi connectivity index (χ4n) is 2.35. The first-order valence-electron chi connectivity index (χ1n) is 8.57. The first-order chi connectivity index (χ1) is 14.0. The summed E-state index contributed by atoms with van der Waals surface area (Å²) >= 11 is 5.99. The molecule has 0 heterocycles. The predicted octanol–water partition coefficient (Wildman–Crippen LogP) is 3.20. The number of sulfonamides is 1. The number of carbonyl (C=O) groups is 3. The van der Waals surface area contributed by atoms with E-state index in [1.54, 1.807) is 18.6 Å². The van der Waals surface area contributed by atoms with Crippen molar-refractivity contribution in [2.45, 2.75) is 24.8 Å². The van der Waals surface area contributed by atoms with Crippen molar-refractivity contribution in [3.05, 3.63) is 58.6 Å². The second-order valence-electron chi connectivity index (χ2n) is 6.20. The molecule has 0 atom stereocenters. The summed E-state index contributed by atoms with van der Waals surface area (Å²) in [4.78, 5) is 35.7. The number of rotatable bonds is 6. The zero-order chi connectivity index (χ0) is 22.5. The van der Waals surface area contributed by atoms with Gasteiger partial charge < -0.3 is 14.8 Å². The summed E-state index contributed by atoms with van der Waals surface area (Å²) in [5.41, 5.74) is -0.128. The highest BCUT2D eigenvalue weighted by Crippen LogP contribution is 2.22. The van der Waals surface area contributed by atoms with E-state index in [4.69, 9.17) is 16.3 Å². The SMILES string of the molecule is COC(=O)c1ccccc1S(=O)(=O)NC(=O)Nc1ccc(Cl)c(C(=O)OC(C)C)c1. The van der Waals surface area contributed by atoms with Gasteiger partial charge in [-0.1, -0.05) is 23.7 Å². The van der Waals surface area contributed by atoms with Crippen molar-refractivity contribution in [2.75, 3.05) is 12.4 Å². The molecule has 160 valence electrons. The highest BCUT2D eigenvalue weighted by Gasteiger charge is 2.25. The van der Waals surface area contributed by atoms with Crippen molar-refractivity contribution in [3.8, 4) is 0 Å². The van der Waals surface area contributed by atoms with Gasteiger partial charge in [0.05, 0.1) is 29.4 Å². The lowest BCUT2D eigenvalue weighted by molar-refractivity contribution is 0.0377. The quantitative estimate of drug-likeness (QED) is 0.641. The zero-order valence-corrected chi connectivity index (χ0v) is 17.8. The highest BCUT2D eigenvalue weighted by molar-refractivity contribution is 7.90. The van der Waals surface area contributed by atoms with Crippen LogP contribution in [-0.4, -0.2) is 39.6 Å². The molecule has 2 N–H and O–H groups in total. The van der Waals surface area contributed by atoms with Crippen LogP contribution >= 0.6 is 11.6 Å². The fraction of sp³-hybridized carbons (Fsp3) is 0.211. The molecular formula is C19H19ClN2O7S. The molecule has 0 aliphatic heterocycles. The monoisotopic (exact) mass is 454 g/mol. The third kappa shape index (κ3) is 5.71. The van der Waals surface area contributed by atoms with Crippen molar-refractivity contribution < 1.29 is 32.3 Å². The molecule has 2 aromatic carbocycles. The van der Waals surface area contributed by atoms with Crippen LogP contribution in [0.15, 0.2) is 47.4 Å². The van der Waals surface area contributed by atoms with E-state index in [2.05, 4.69) is 10.1 Å². The van der Waals surface area contributed by atoms with Gasteiger partial charge in [-0.3, -0.25) is 0 Å². The standard InChI is InChI=1S/C19H19ClN2O7S/c1-11(2)29-18(24)14-10-12(8-9-15(14)20)21-19(25)22-30(26,27)16-7-5-4-6-13(16)17(23)28-3/h4-11H,1-3H3,(H2,21,22,25). The predicted molar refractivity (Wildman–Crippen MR) is 109 cm³/mol. The topological polar surface area (TPSA) is 128 Å². The van der Waals surface area contributed by atoms with Crippen LogP contribution in [0.3, 0.4) is 0 Å². The number of esters is 2. The van der Waals surface area contributed by atoms with Crippen molar-refractivity contribution in [2.24, 2.45) is 0 Å². The first kappa shape index (κ1) is 23.2. The van der Waals surface area contributed by atoms with Crippen LogP contribution in [0.25, 0.3) is 0 Å². The Bertz CT molecular complexity index is 1080. The summed E-state index contributed by atoms with van der Waals surface area (Å²) in [7, 11) is -3.29. The average molecular weight is 455 g/mol. The molecule has 2 aromatic rings. The Hall–Kier alpha value is -3.11. The van der Waals surface area contributed by atoms with Gasteiger partial charge >= 0.3 is 18.0 Å². The number of carbonyl (C=O) groups excluding carboxylic acids is 3. The number of hydrogen-bond donors (Lipinski definition) is 2. The van der Waals surface area contributed by atoms with Gasteiger partial charge in [0.15, 0.2) is 0 Å². The Labute approximate surface area is 178 Å². The number of ether oxygens (including phenoxy) is 2. The molecule has 11 heteroatoms. The molecule has 9 nitrogen and oxygen atoms in total. The number of amides is 2. The molecule has 0 fully saturated rings. The smallest absolute Gasteiger partial charge is 0.339 e. The van der Waals surface area contributed by atoms with E-state index in [0.29, 0.717) is 0 Å². The van der Waals surface area contributed by atoms with Crippen LogP contribution in [-0.2, 0) is 19.5 Å². The van der Waals surface area contributed by atoms with Gasteiger partial charge in [-0.25, -0.2) is 27.5 Å². The Kier molecular flexibility index (Phi) is 7.41. The summed E-state index contributed by atoms with van der Waals surface area (Å²) in [5, 5.41) is 2.40. The molecule has 0 aliphatic rings. The van der Waals surface area contributed by atoms with Gasteiger partial charge in [-0.2, -0.15) is 0 Å². The lowest BCUT2D eigenvalue weighted by atomic mass is 10.2. The molecular weight excluding hydrogens is 436 g/mol. The summed E-state index contributed by atoms with van der Waals surface area (Å²) in [6, 6.07) is 8.13. The summed E-state index contributed by atoms with van der Waals surface area (Å²) < 4.78 is 36.5. The number of nitrogens with one attached hydrogen (secondary N) is 2. The molecule has 0 spiro atoms. The maximum Gasteiger partial charge on any atom is 0.339 e. The van der Waals surface area contributed by atoms with E-state index in [1.807, 2.05) is 0 Å². The van der Waals surface area contributed by atoms with E-state index in [0.717, 1.165) is 13.2 Å². The Morgan fingerprint density at radius 1 is 1.00 bits per heavy atom. The van der Waals surface area contributed by atoms with Crippen molar-refractivity contribution in [3.63, 3.8) is 0 Å². The molecule has 0 saturated carbocycles. The molecule has 2 amide bonds. The maximum atomic E-state index is 12.5. The number of urea groups is 1. The molecule has 0 aliphatic carbocycles. The van der Waals surface area contributed by atoms with Gasteiger partial charge in [0.2, 0.25) is 0 Å². The van der Waals surface area contributed by atoms with Gasteiger partial charge in [0, 0.05) is 5.69 Å². The molecule has 0 bridgehead atoms. The lowest BCUT2D eigenvalue weighted by Gasteiger charge is -2.13. The third-order valence-corrected chi connectivity index (χ3v) is 5.31. The van der Waals surface area contributed by atoms with Gasteiger partial charge in [-0.15, -0.1) is 0 Å². The van der Waals surface area contributed by atoms with Gasteiger partial charge in [0.25, 0.3) is 10.0 Å². The number of methoxy groups -OCH3 is 1. The fourth-order valence-corrected chi connectivity index (χ4v) is 3.65. The average Bonchev–Trinajstić information content (AvgIpc) is 2.67. The van der Waals surface area contributed by atoms with Crippen molar-refractivity contribution in [1.82, 2.24) is 4.72 Å². The second kappa shape index (κ2) is 9.59. The molecule has 2 rings (SSSR count). The number of halogens is 1. The van der Waals surface area contributed by atoms with Crippen LogP contribution in [0, 0.1) is 0 Å². The summed E-state index contributed by atoms with van der Waals surface area (Å²) in [6.45, 7) is 3.33. The van der Waals surface area contributed by atoms with E-state index in [9.17, 15) is 22.8 Å². The van der Waals surface area contributed by atoms with Gasteiger partial charge in [-0.05, 0) is 44.2 Å². The van der Waals surface area contributed by atoms with E-state index < -0.39 is 32.9 Å².